The Balaban J connectivity index is 1.31. The number of rotatable bonds is 4. The van der Waals surface area contributed by atoms with E-state index in [9.17, 15) is 23.2 Å². The zero-order valence-corrected chi connectivity index (χ0v) is 19.4. The lowest BCUT2D eigenvalue weighted by atomic mass is 9.70. The Morgan fingerprint density at radius 2 is 1.78 bits per heavy atom. The molecule has 0 radical (unpaired) electrons. The summed E-state index contributed by atoms with van der Waals surface area (Å²) in [7, 11) is 0. The normalized spacial score (nSPS) is 18.2. The zero-order valence-electron chi connectivity index (χ0n) is 19.4. The van der Waals surface area contributed by atoms with E-state index < -0.39 is 34.6 Å². The highest BCUT2D eigenvalue weighted by atomic mass is 19.2. The van der Waals surface area contributed by atoms with E-state index in [4.69, 9.17) is 9.47 Å². The van der Waals surface area contributed by atoms with Crippen LogP contribution in [0.25, 0.3) is 5.69 Å². The van der Waals surface area contributed by atoms with Gasteiger partial charge in [0.2, 0.25) is 0 Å². The smallest absolute Gasteiger partial charge is 0.259 e. The topological polar surface area (TPSA) is 102 Å². The number of hydrogen-bond acceptors (Lipinski definition) is 6. The molecule has 2 aliphatic rings. The predicted molar refractivity (Wildman–Crippen MR) is 121 cm³/mol. The van der Waals surface area contributed by atoms with Gasteiger partial charge in [-0.15, -0.1) is 0 Å². The molecular formula is C25H22F3N5O3. The molecule has 2 fully saturated rings. The Morgan fingerprint density at radius 3 is 2.42 bits per heavy atom. The molecule has 186 valence electrons. The van der Waals surface area contributed by atoms with E-state index in [1.54, 1.807) is 12.1 Å². The number of amides is 1. The maximum absolute atomic E-state index is 14.2. The maximum atomic E-state index is 14.2. The van der Waals surface area contributed by atoms with Crippen LogP contribution in [0.1, 0.15) is 47.4 Å². The highest BCUT2D eigenvalue weighted by molar-refractivity contribution is 6.04. The first-order valence-electron chi connectivity index (χ1n) is 11.4. The van der Waals surface area contributed by atoms with Gasteiger partial charge >= 0.3 is 0 Å². The quantitative estimate of drug-likeness (QED) is 0.539. The predicted octanol–water partition coefficient (Wildman–Crippen LogP) is 4.32. The average Bonchev–Trinajstić information content (AvgIpc) is 3.51. The number of benzene rings is 1. The van der Waals surface area contributed by atoms with Gasteiger partial charge in [0.15, 0.2) is 23.2 Å². The van der Waals surface area contributed by atoms with Gasteiger partial charge in [-0.3, -0.25) is 9.78 Å². The van der Waals surface area contributed by atoms with Gasteiger partial charge in [-0.1, -0.05) is 0 Å². The Bertz CT molecular complexity index is 1350. The fourth-order valence-electron chi connectivity index (χ4n) is 4.77. The van der Waals surface area contributed by atoms with Crippen LogP contribution in [0.5, 0.6) is 0 Å². The number of hydrogen-bond donors (Lipinski definition) is 1. The number of nitrogens with zero attached hydrogens (tertiary/aromatic N) is 4. The van der Waals surface area contributed by atoms with Crippen LogP contribution < -0.4 is 5.32 Å². The highest BCUT2D eigenvalue weighted by Gasteiger charge is 2.48. The van der Waals surface area contributed by atoms with Crippen molar-refractivity contribution in [2.45, 2.75) is 43.8 Å². The maximum Gasteiger partial charge on any atom is 0.259 e. The molecule has 3 heterocycles. The second kappa shape index (κ2) is 9.04. The Labute approximate surface area is 204 Å². The van der Waals surface area contributed by atoms with Crippen LogP contribution in [0, 0.1) is 35.7 Å². The third-order valence-corrected chi connectivity index (χ3v) is 6.90. The summed E-state index contributed by atoms with van der Waals surface area (Å²) in [5.41, 5.74) is 0.256. The first-order valence-corrected chi connectivity index (χ1v) is 11.4. The Morgan fingerprint density at radius 1 is 1.06 bits per heavy atom. The van der Waals surface area contributed by atoms with Crippen molar-refractivity contribution in [3.05, 3.63) is 71.1 Å². The number of aromatic nitrogens is 3. The van der Waals surface area contributed by atoms with Crippen molar-refractivity contribution in [1.29, 1.82) is 5.26 Å². The second-order valence-electron chi connectivity index (χ2n) is 8.94. The van der Waals surface area contributed by atoms with Crippen molar-refractivity contribution < 1.29 is 27.4 Å². The lowest BCUT2D eigenvalue weighted by Gasteiger charge is -2.39. The van der Waals surface area contributed by atoms with Gasteiger partial charge in [-0.05, 0) is 44.0 Å². The zero-order chi connectivity index (χ0) is 25.5. The van der Waals surface area contributed by atoms with E-state index in [2.05, 4.69) is 21.5 Å². The summed E-state index contributed by atoms with van der Waals surface area (Å²) >= 11 is 0. The standard InChI is InChI=1S/C25H22F3N5O3/c1-15-17(13-31-33(15)19-4-3-18(26)21(27)22(19)28)23(34)32-16-2-5-20(30-12-16)24(14-29)6-8-25(9-7-24)35-10-11-36-25/h2-5,12-13H,6-11H2,1H3,(H,32,34). The molecule has 0 bridgehead atoms. The number of pyridine rings is 1. The van der Waals surface area contributed by atoms with Gasteiger partial charge in [0.25, 0.3) is 5.91 Å². The average molecular weight is 497 g/mol. The van der Waals surface area contributed by atoms with Crippen LogP contribution >= 0.6 is 0 Å². The minimum atomic E-state index is -1.62. The first kappa shape index (κ1) is 24.0. The van der Waals surface area contributed by atoms with E-state index in [1.807, 2.05) is 0 Å². The molecule has 36 heavy (non-hydrogen) atoms. The molecule has 1 saturated heterocycles. The summed E-state index contributed by atoms with van der Waals surface area (Å²) in [6, 6.07) is 7.60. The molecule has 1 spiro atoms. The minimum Gasteiger partial charge on any atom is -0.348 e. The third kappa shape index (κ3) is 4.02. The molecule has 0 unspecified atom stereocenters. The minimum absolute atomic E-state index is 0.117. The highest BCUT2D eigenvalue weighted by Crippen LogP contribution is 2.45. The van der Waals surface area contributed by atoms with Crippen LogP contribution in [0.2, 0.25) is 0 Å². The van der Waals surface area contributed by atoms with Gasteiger partial charge < -0.3 is 14.8 Å². The Hall–Kier alpha value is -3.75. The van der Waals surface area contributed by atoms with Gasteiger partial charge in [-0.25, -0.2) is 17.9 Å². The number of nitriles is 1. The molecule has 5 rings (SSSR count). The van der Waals surface area contributed by atoms with E-state index in [1.165, 1.54) is 19.3 Å². The summed E-state index contributed by atoms with van der Waals surface area (Å²) in [5, 5.41) is 16.6. The number of nitrogens with one attached hydrogen (secondary N) is 1. The lowest BCUT2D eigenvalue weighted by Crippen LogP contribution is -2.41. The van der Waals surface area contributed by atoms with Crippen molar-refractivity contribution in [2.75, 3.05) is 18.5 Å². The van der Waals surface area contributed by atoms with Crippen molar-refractivity contribution in [3.8, 4) is 11.8 Å². The molecule has 1 aromatic carbocycles. The van der Waals surface area contributed by atoms with Crippen molar-refractivity contribution in [2.24, 2.45) is 0 Å². The van der Waals surface area contributed by atoms with Crippen molar-refractivity contribution in [1.82, 2.24) is 14.8 Å². The lowest BCUT2D eigenvalue weighted by molar-refractivity contribution is -0.182. The monoisotopic (exact) mass is 497 g/mol. The number of carbonyl (C=O) groups excluding carboxylic acids is 1. The van der Waals surface area contributed by atoms with Gasteiger partial charge in [0.1, 0.15) is 5.69 Å². The molecule has 1 amide bonds. The van der Waals surface area contributed by atoms with E-state index >= 15 is 0 Å². The summed E-state index contributed by atoms with van der Waals surface area (Å²) in [6.45, 7) is 2.62. The van der Waals surface area contributed by atoms with Gasteiger partial charge in [-0.2, -0.15) is 10.4 Å². The summed E-state index contributed by atoms with van der Waals surface area (Å²) in [5.74, 6) is -5.48. The van der Waals surface area contributed by atoms with Crippen molar-refractivity contribution in [3.63, 3.8) is 0 Å². The fraction of sp³-hybridized carbons (Fsp3) is 0.360. The second-order valence-corrected chi connectivity index (χ2v) is 8.94. The fourth-order valence-corrected chi connectivity index (χ4v) is 4.77. The van der Waals surface area contributed by atoms with E-state index in [0.29, 0.717) is 50.3 Å². The van der Waals surface area contributed by atoms with Crippen LogP contribution in [-0.2, 0) is 14.9 Å². The van der Waals surface area contributed by atoms with E-state index in [0.717, 1.165) is 16.8 Å². The van der Waals surface area contributed by atoms with Gasteiger partial charge in [0, 0.05) is 12.8 Å². The summed E-state index contributed by atoms with van der Waals surface area (Å²) in [4.78, 5) is 17.3. The molecule has 3 aromatic rings. The molecule has 8 nitrogen and oxygen atoms in total. The van der Waals surface area contributed by atoms with E-state index in [-0.39, 0.29) is 16.9 Å². The Kier molecular flexibility index (Phi) is 6.02. The molecule has 1 aliphatic carbocycles. The first-order chi connectivity index (χ1) is 17.3. The molecule has 1 aliphatic heterocycles. The number of halogens is 3. The number of carbonyl (C=O) groups is 1. The summed E-state index contributed by atoms with van der Waals surface area (Å²) < 4.78 is 53.7. The summed E-state index contributed by atoms with van der Waals surface area (Å²) in [6.07, 6.45) is 4.96. The van der Waals surface area contributed by atoms with Gasteiger partial charge in [0.05, 0.1) is 59.7 Å². The molecule has 1 saturated carbocycles. The van der Waals surface area contributed by atoms with Crippen LogP contribution in [0.4, 0.5) is 18.9 Å². The van der Waals surface area contributed by atoms with Crippen molar-refractivity contribution >= 4 is 11.6 Å². The largest absolute Gasteiger partial charge is 0.348 e. The van der Waals surface area contributed by atoms with Crippen LogP contribution in [0.3, 0.4) is 0 Å². The number of ether oxygens (including phenoxy) is 2. The number of anilines is 1. The van der Waals surface area contributed by atoms with Crippen LogP contribution in [0.15, 0.2) is 36.7 Å². The SMILES string of the molecule is Cc1c(C(=O)Nc2ccc(C3(C#N)CCC4(CC3)OCCO4)nc2)cnn1-c1ccc(F)c(F)c1F. The molecule has 0 atom stereocenters. The molecule has 2 aromatic heterocycles. The molecular weight excluding hydrogens is 475 g/mol. The van der Waals surface area contributed by atoms with Crippen LogP contribution in [-0.4, -0.2) is 39.7 Å². The molecule has 1 N–H and O–H groups in total. The molecule has 11 heteroatoms. The third-order valence-electron chi connectivity index (χ3n) is 6.90.